The van der Waals surface area contributed by atoms with E-state index in [0.29, 0.717) is 0 Å². The highest BCUT2D eigenvalue weighted by atomic mass is 127. The van der Waals surface area contributed by atoms with Crippen LogP contribution in [0, 0.1) is 3.57 Å². The molecule has 0 atom stereocenters. The number of carbonyl (C=O) groups is 1. The fraction of sp³-hybridized carbons (Fsp3) is 0.250. The molecule has 1 heterocycles. The van der Waals surface area contributed by atoms with Crippen molar-refractivity contribution >= 4 is 28.6 Å². The van der Waals surface area contributed by atoms with Gasteiger partial charge < -0.3 is 14.9 Å². The van der Waals surface area contributed by atoms with Crippen LogP contribution in [0.5, 0.6) is 11.6 Å². The Morgan fingerprint density at radius 3 is 2.59 bits per heavy atom. The number of aliphatic carboxylic acids is 1. The molecule has 17 heavy (non-hydrogen) atoms. The van der Waals surface area contributed by atoms with Crippen LogP contribution in [0.1, 0.15) is 5.56 Å². The monoisotopic (exact) mass is 363 g/mol. The molecule has 5 nitrogen and oxygen atoms in total. The number of ether oxygens (including phenoxy) is 1. The molecule has 9 heteroatoms. The molecule has 0 aromatic carbocycles. The van der Waals surface area contributed by atoms with Gasteiger partial charge in [-0.15, -0.1) is 13.2 Å². The maximum absolute atomic E-state index is 12.0. The fourth-order valence-corrected chi connectivity index (χ4v) is 1.57. The third-order valence-corrected chi connectivity index (χ3v) is 2.80. The van der Waals surface area contributed by atoms with Crippen LogP contribution in [-0.4, -0.2) is 27.5 Å². The Bertz CT molecular complexity index is 449. The number of rotatable bonds is 3. The number of aromatic nitrogens is 1. The minimum atomic E-state index is -4.97. The van der Waals surface area contributed by atoms with Crippen LogP contribution < -0.4 is 4.74 Å². The number of nitrogens with zero attached hydrogens (tertiary/aromatic N) is 1. The van der Waals surface area contributed by atoms with Crippen LogP contribution in [0.2, 0.25) is 0 Å². The van der Waals surface area contributed by atoms with E-state index in [9.17, 15) is 23.1 Å². The lowest BCUT2D eigenvalue weighted by Gasteiger charge is -2.12. The second-order valence-electron chi connectivity index (χ2n) is 2.86. The summed E-state index contributed by atoms with van der Waals surface area (Å²) in [6, 6.07) is 0. The van der Waals surface area contributed by atoms with Gasteiger partial charge in [0.05, 0.1) is 16.2 Å². The average molecular weight is 363 g/mol. The van der Waals surface area contributed by atoms with E-state index in [2.05, 4.69) is 9.72 Å². The molecule has 0 fully saturated rings. The molecular formula is C8H5F3INO4. The molecule has 0 unspecified atom stereocenters. The summed E-state index contributed by atoms with van der Waals surface area (Å²) in [4.78, 5) is 13.7. The number of carboxylic acid groups (broad SMARTS) is 1. The van der Waals surface area contributed by atoms with Crippen molar-refractivity contribution in [2.24, 2.45) is 0 Å². The van der Waals surface area contributed by atoms with Crippen molar-refractivity contribution < 1.29 is 32.9 Å². The molecule has 0 saturated carbocycles. The standard InChI is InChI=1S/C8H5F3INO4/c9-8(10,11)17-7-3(1-5(15)16)6(12)4(14)2-13-7/h2,14H,1H2,(H,15,16). The number of alkyl halides is 3. The Hall–Kier alpha value is -1.26. The molecular weight excluding hydrogens is 358 g/mol. The maximum atomic E-state index is 12.0. The van der Waals surface area contributed by atoms with Crippen molar-refractivity contribution in [1.82, 2.24) is 4.98 Å². The Labute approximate surface area is 106 Å². The first kappa shape index (κ1) is 13.8. The van der Waals surface area contributed by atoms with Crippen molar-refractivity contribution in [2.45, 2.75) is 12.8 Å². The number of pyridine rings is 1. The predicted molar refractivity (Wildman–Crippen MR) is 56.6 cm³/mol. The second kappa shape index (κ2) is 4.94. The van der Waals surface area contributed by atoms with Crippen molar-refractivity contribution in [2.75, 3.05) is 0 Å². The number of aromatic hydroxyl groups is 1. The number of hydrogen-bond acceptors (Lipinski definition) is 4. The first-order valence-electron chi connectivity index (χ1n) is 4.04. The molecule has 2 N–H and O–H groups in total. The minimum Gasteiger partial charge on any atom is -0.505 e. The van der Waals surface area contributed by atoms with E-state index >= 15 is 0 Å². The summed E-state index contributed by atoms with van der Waals surface area (Å²) in [5.74, 6) is -2.64. The van der Waals surface area contributed by atoms with E-state index in [1.54, 1.807) is 0 Å². The first-order valence-corrected chi connectivity index (χ1v) is 5.12. The van der Waals surface area contributed by atoms with Crippen LogP contribution in [0.3, 0.4) is 0 Å². The Morgan fingerprint density at radius 2 is 2.12 bits per heavy atom. The zero-order valence-corrected chi connectivity index (χ0v) is 10.1. The smallest absolute Gasteiger partial charge is 0.505 e. The number of halogens is 4. The lowest BCUT2D eigenvalue weighted by Crippen LogP contribution is -2.20. The van der Waals surface area contributed by atoms with Crippen LogP contribution >= 0.6 is 22.6 Å². The predicted octanol–water partition coefficient (Wildman–Crippen LogP) is 1.92. The molecule has 0 aliphatic heterocycles. The van der Waals surface area contributed by atoms with Crippen molar-refractivity contribution in [3.63, 3.8) is 0 Å². The van der Waals surface area contributed by atoms with Gasteiger partial charge >= 0.3 is 12.3 Å². The molecule has 0 spiro atoms. The molecule has 0 saturated heterocycles. The number of hydrogen-bond donors (Lipinski definition) is 2. The van der Waals surface area contributed by atoms with Crippen LogP contribution in [-0.2, 0) is 11.2 Å². The fourth-order valence-electron chi connectivity index (χ4n) is 1.00. The van der Waals surface area contributed by atoms with Crippen molar-refractivity contribution in [1.29, 1.82) is 0 Å². The van der Waals surface area contributed by atoms with Gasteiger partial charge in [-0.1, -0.05) is 0 Å². The largest absolute Gasteiger partial charge is 0.574 e. The van der Waals surface area contributed by atoms with Gasteiger partial charge in [-0.05, 0) is 22.6 Å². The van der Waals surface area contributed by atoms with Gasteiger partial charge in [0, 0.05) is 5.56 Å². The quantitative estimate of drug-likeness (QED) is 0.803. The van der Waals surface area contributed by atoms with Crippen LogP contribution in [0.15, 0.2) is 6.20 Å². The second-order valence-corrected chi connectivity index (χ2v) is 3.94. The average Bonchev–Trinajstić information content (AvgIpc) is 2.15. The lowest BCUT2D eigenvalue weighted by atomic mass is 10.2. The maximum Gasteiger partial charge on any atom is 0.574 e. The van der Waals surface area contributed by atoms with E-state index in [0.717, 1.165) is 6.20 Å². The van der Waals surface area contributed by atoms with Gasteiger partial charge in [-0.2, -0.15) is 0 Å². The topological polar surface area (TPSA) is 79.7 Å². The number of carboxylic acids is 1. The molecule has 0 radical (unpaired) electrons. The zero-order valence-electron chi connectivity index (χ0n) is 7.95. The van der Waals surface area contributed by atoms with E-state index < -0.39 is 30.4 Å². The third kappa shape index (κ3) is 3.91. The van der Waals surface area contributed by atoms with E-state index in [1.807, 2.05) is 0 Å². The molecule has 0 amide bonds. The van der Waals surface area contributed by atoms with E-state index in [1.165, 1.54) is 22.6 Å². The van der Waals surface area contributed by atoms with E-state index in [-0.39, 0.29) is 9.13 Å². The summed E-state index contributed by atoms with van der Waals surface area (Å²) >= 11 is 1.51. The zero-order chi connectivity index (χ0) is 13.2. The van der Waals surface area contributed by atoms with Crippen LogP contribution in [0.4, 0.5) is 13.2 Å². The molecule has 0 aliphatic rings. The van der Waals surface area contributed by atoms with Gasteiger partial charge in [-0.25, -0.2) is 4.98 Å². The van der Waals surface area contributed by atoms with Crippen LogP contribution in [0.25, 0.3) is 0 Å². The Balaban J connectivity index is 3.20. The third-order valence-electron chi connectivity index (χ3n) is 1.59. The van der Waals surface area contributed by atoms with E-state index in [4.69, 9.17) is 5.11 Å². The lowest BCUT2D eigenvalue weighted by molar-refractivity contribution is -0.276. The first-order chi connectivity index (χ1) is 7.70. The summed E-state index contributed by atoms with van der Waals surface area (Å²) in [5, 5.41) is 17.8. The summed E-state index contributed by atoms with van der Waals surface area (Å²) < 4.78 is 39.6. The highest BCUT2D eigenvalue weighted by Crippen LogP contribution is 2.32. The van der Waals surface area contributed by atoms with Gasteiger partial charge in [0.2, 0.25) is 5.88 Å². The molecule has 0 bridgehead atoms. The Morgan fingerprint density at radius 1 is 1.53 bits per heavy atom. The summed E-state index contributed by atoms with van der Waals surface area (Å²) in [6.07, 6.45) is -4.94. The summed E-state index contributed by atoms with van der Waals surface area (Å²) in [6.45, 7) is 0. The normalized spacial score (nSPS) is 11.3. The molecule has 94 valence electrons. The molecule has 0 aliphatic carbocycles. The molecule has 1 aromatic heterocycles. The van der Waals surface area contributed by atoms with Crippen molar-refractivity contribution in [3.8, 4) is 11.6 Å². The summed E-state index contributed by atoms with van der Waals surface area (Å²) in [7, 11) is 0. The highest BCUT2D eigenvalue weighted by molar-refractivity contribution is 14.1. The Kier molecular flexibility index (Phi) is 4.01. The SMILES string of the molecule is O=C(O)Cc1c(OC(F)(F)F)ncc(O)c1I. The van der Waals surface area contributed by atoms with Gasteiger partial charge in [0.1, 0.15) is 5.75 Å². The molecule has 1 rings (SSSR count). The van der Waals surface area contributed by atoms with Gasteiger partial charge in [0.15, 0.2) is 0 Å². The van der Waals surface area contributed by atoms with Crippen molar-refractivity contribution in [3.05, 3.63) is 15.3 Å². The highest BCUT2D eigenvalue weighted by Gasteiger charge is 2.34. The summed E-state index contributed by atoms with van der Waals surface area (Å²) in [5.41, 5.74) is -0.324. The van der Waals surface area contributed by atoms with Gasteiger partial charge in [0.25, 0.3) is 0 Å². The van der Waals surface area contributed by atoms with Gasteiger partial charge in [-0.3, -0.25) is 4.79 Å². The molecule has 1 aromatic rings. The minimum absolute atomic E-state index is 0.0424.